The van der Waals surface area contributed by atoms with Gasteiger partial charge in [-0.05, 0) is 30.7 Å². The molecule has 0 aliphatic carbocycles. The van der Waals surface area contributed by atoms with Gasteiger partial charge in [-0.25, -0.2) is 13.6 Å². The van der Waals surface area contributed by atoms with Crippen molar-refractivity contribution < 1.29 is 13.2 Å². The smallest absolute Gasteiger partial charge is 0.261 e. The van der Waals surface area contributed by atoms with Crippen LogP contribution in [0.3, 0.4) is 0 Å². The van der Waals surface area contributed by atoms with Crippen molar-refractivity contribution in [1.82, 2.24) is 5.32 Å². The first-order chi connectivity index (χ1) is 10.8. The molecule has 3 N–H and O–H groups in total. The van der Waals surface area contributed by atoms with Crippen LogP contribution in [0.4, 0.5) is 0 Å². The molecule has 2 rings (SSSR count). The summed E-state index contributed by atoms with van der Waals surface area (Å²) in [5.74, 6) is -0.275. The first kappa shape index (κ1) is 18.0. The number of thioether (sulfide) groups is 1. The maximum atomic E-state index is 12.2. The number of benzene rings is 1. The maximum absolute atomic E-state index is 12.2. The molecule has 0 saturated heterocycles. The molecule has 1 atom stereocenters. The molecule has 0 fully saturated rings. The van der Waals surface area contributed by atoms with Gasteiger partial charge in [-0.1, -0.05) is 25.1 Å². The lowest BCUT2D eigenvalue weighted by atomic mass is 10.3. The number of carbonyl (C=O) groups excluding carboxylic acids is 1. The summed E-state index contributed by atoms with van der Waals surface area (Å²) in [5, 5.41) is 8.13. The zero-order valence-electron chi connectivity index (χ0n) is 12.8. The van der Waals surface area contributed by atoms with Crippen molar-refractivity contribution in [2.75, 3.05) is 6.54 Å². The Labute approximate surface area is 144 Å². The molecule has 1 aromatic heterocycles. The summed E-state index contributed by atoms with van der Waals surface area (Å²) < 4.78 is 22.7. The van der Waals surface area contributed by atoms with Gasteiger partial charge in [0.2, 0.25) is 10.0 Å². The number of sulfonamides is 1. The van der Waals surface area contributed by atoms with E-state index in [1.54, 1.807) is 18.7 Å². The highest BCUT2D eigenvalue weighted by Crippen LogP contribution is 2.25. The second-order valence-electron chi connectivity index (χ2n) is 5.07. The minimum atomic E-state index is -3.78. The lowest BCUT2D eigenvalue weighted by Gasteiger charge is -2.12. The Morgan fingerprint density at radius 1 is 1.35 bits per heavy atom. The normalized spacial score (nSPS) is 12.8. The van der Waals surface area contributed by atoms with Gasteiger partial charge in [0.25, 0.3) is 5.91 Å². The number of primary sulfonamides is 1. The minimum absolute atomic E-state index is 0.00635. The number of rotatable bonds is 6. The molecule has 0 bridgehead atoms. The second-order valence-corrected chi connectivity index (χ2v) is 9.43. The molecule has 124 valence electrons. The fourth-order valence-electron chi connectivity index (χ4n) is 1.91. The number of nitrogens with one attached hydrogen (secondary N) is 1. The summed E-state index contributed by atoms with van der Waals surface area (Å²) >= 11 is 2.57. The van der Waals surface area contributed by atoms with E-state index in [1.165, 1.54) is 6.07 Å². The van der Waals surface area contributed by atoms with E-state index >= 15 is 0 Å². The van der Waals surface area contributed by atoms with Crippen molar-refractivity contribution in [3.8, 4) is 0 Å². The lowest BCUT2D eigenvalue weighted by Crippen LogP contribution is -2.29. The molecule has 1 aromatic carbocycles. The van der Waals surface area contributed by atoms with Crippen LogP contribution in [0.15, 0.2) is 45.5 Å². The Kier molecular flexibility index (Phi) is 5.85. The first-order valence-corrected chi connectivity index (χ1v) is 10.1. The van der Waals surface area contributed by atoms with Crippen molar-refractivity contribution in [2.45, 2.75) is 28.2 Å². The summed E-state index contributed by atoms with van der Waals surface area (Å²) in [7, 11) is -3.78. The summed E-state index contributed by atoms with van der Waals surface area (Å²) in [6.07, 6.45) is 0. The van der Waals surface area contributed by atoms with Gasteiger partial charge in [-0.15, -0.1) is 23.1 Å². The van der Waals surface area contributed by atoms with Crippen LogP contribution in [0.1, 0.15) is 22.2 Å². The van der Waals surface area contributed by atoms with Gasteiger partial charge >= 0.3 is 0 Å². The van der Waals surface area contributed by atoms with E-state index in [0.29, 0.717) is 17.0 Å². The Bertz CT molecular complexity index is 786. The Balaban J connectivity index is 1.96. The maximum Gasteiger partial charge on any atom is 0.261 e. The van der Waals surface area contributed by atoms with Crippen LogP contribution in [0.5, 0.6) is 0 Å². The van der Waals surface area contributed by atoms with Gasteiger partial charge in [0.15, 0.2) is 0 Å². The van der Waals surface area contributed by atoms with E-state index in [-0.39, 0.29) is 15.4 Å². The number of carbonyl (C=O) groups is 1. The van der Waals surface area contributed by atoms with Gasteiger partial charge in [-0.3, -0.25) is 4.79 Å². The standard InChI is InChI=1S/C15H18N2O3S3/c1-10-8-13(23(16,19)20)22-14(10)15(18)17-9-11(2)21-12-6-4-3-5-7-12/h3-8,11H,9H2,1-2H3,(H,17,18)(H2,16,19,20). The number of hydrogen-bond acceptors (Lipinski definition) is 5. The molecule has 5 nitrogen and oxygen atoms in total. The number of thiophene rings is 1. The van der Waals surface area contributed by atoms with Crippen LogP contribution in [0.25, 0.3) is 0 Å². The fraction of sp³-hybridized carbons (Fsp3) is 0.267. The monoisotopic (exact) mass is 370 g/mol. The zero-order valence-corrected chi connectivity index (χ0v) is 15.2. The quantitative estimate of drug-likeness (QED) is 0.765. The van der Waals surface area contributed by atoms with Crippen LogP contribution < -0.4 is 10.5 Å². The number of aryl methyl sites for hydroxylation is 1. The van der Waals surface area contributed by atoms with Gasteiger partial charge in [0, 0.05) is 16.7 Å². The second kappa shape index (κ2) is 7.48. The molecule has 0 saturated carbocycles. The molecule has 2 aromatic rings. The molecule has 1 heterocycles. The van der Waals surface area contributed by atoms with Crippen LogP contribution in [-0.2, 0) is 10.0 Å². The molecular formula is C15H18N2O3S3. The van der Waals surface area contributed by atoms with E-state index < -0.39 is 10.0 Å². The van der Waals surface area contributed by atoms with Crippen LogP contribution in [0, 0.1) is 6.92 Å². The molecule has 0 spiro atoms. The number of amides is 1. The summed E-state index contributed by atoms with van der Waals surface area (Å²) in [5.41, 5.74) is 0.611. The van der Waals surface area contributed by atoms with Crippen molar-refractivity contribution in [1.29, 1.82) is 0 Å². The Hall–Kier alpha value is -1.35. The van der Waals surface area contributed by atoms with Crippen LogP contribution >= 0.6 is 23.1 Å². The SMILES string of the molecule is Cc1cc(S(N)(=O)=O)sc1C(=O)NCC(C)Sc1ccccc1. The molecule has 23 heavy (non-hydrogen) atoms. The number of nitrogens with two attached hydrogens (primary N) is 1. The van der Waals surface area contributed by atoms with E-state index in [1.807, 2.05) is 37.3 Å². The predicted molar refractivity (Wildman–Crippen MR) is 94.5 cm³/mol. The van der Waals surface area contributed by atoms with Gasteiger partial charge < -0.3 is 5.32 Å². The molecule has 1 unspecified atom stereocenters. The molecule has 0 aliphatic heterocycles. The summed E-state index contributed by atoms with van der Waals surface area (Å²) in [6, 6.07) is 11.4. The van der Waals surface area contributed by atoms with Gasteiger partial charge in [-0.2, -0.15) is 0 Å². The predicted octanol–water partition coefficient (Wildman–Crippen LogP) is 2.61. The van der Waals surface area contributed by atoms with Crippen molar-refractivity contribution >= 4 is 39.0 Å². The zero-order chi connectivity index (χ0) is 17.0. The average molecular weight is 371 g/mol. The molecule has 0 radical (unpaired) electrons. The largest absolute Gasteiger partial charge is 0.350 e. The topological polar surface area (TPSA) is 89.3 Å². The summed E-state index contributed by atoms with van der Waals surface area (Å²) in [6.45, 7) is 4.21. The van der Waals surface area contributed by atoms with E-state index in [9.17, 15) is 13.2 Å². The summed E-state index contributed by atoms with van der Waals surface area (Å²) in [4.78, 5) is 13.7. The molecule has 8 heteroatoms. The van der Waals surface area contributed by atoms with E-state index in [0.717, 1.165) is 16.2 Å². The Morgan fingerprint density at radius 2 is 2.00 bits per heavy atom. The minimum Gasteiger partial charge on any atom is -0.350 e. The average Bonchev–Trinajstić information content (AvgIpc) is 2.88. The third-order valence-corrected chi connectivity index (χ3v) is 6.78. The lowest BCUT2D eigenvalue weighted by molar-refractivity contribution is 0.0957. The first-order valence-electron chi connectivity index (χ1n) is 6.90. The van der Waals surface area contributed by atoms with Gasteiger partial charge in [0.05, 0.1) is 4.88 Å². The molecule has 0 aliphatic rings. The third kappa shape index (κ3) is 5.07. The number of hydrogen-bond donors (Lipinski definition) is 2. The third-order valence-electron chi connectivity index (χ3n) is 3.01. The Morgan fingerprint density at radius 3 is 2.57 bits per heavy atom. The van der Waals surface area contributed by atoms with Crippen molar-refractivity contribution in [2.24, 2.45) is 5.14 Å². The van der Waals surface area contributed by atoms with Crippen molar-refractivity contribution in [3.63, 3.8) is 0 Å². The fourth-order valence-corrected chi connectivity index (χ4v) is 4.73. The van der Waals surface area contributed by atoms with E-state index in [2.05, 4.69) is 5.32 Å². The van der Waals surface area contributed by atoms with Crippen molar-refractivity contribution in [3.05, 3.63) is 46.8 Å². The highest BCUT2D eigenvalue weighted by molar-refractivity contribution is 8.00. The van der Waals surface area contributed by atoms with Gasteiger partial charge in [0.1, 0.15) is 4.21 Å². The highest BCUT2D eigenvalue weighted by atomic mass is 32.2. The van der Waals surface area contributed by atoms with Crippen LogP contribution in [0.2, 0.25) is 0 Å². The highest BCUT2D eigenvalue weighted by Gasteiger charge is 2.19. The van der Waals surface area contributed by atoms with Crippen LogP contribution in [-0.4, -0.2) is 26.1 Å². The molecule has 1 amide bonds. The van der Waals surface area contributed by atoms with E-state index in [4.69, 9.17) is 5.14 Å². The molecular weight excluding hydrogens is 352 g/mol.